The Balaban J connectivity index is 1.62. The van der Waals surface area contributed by atoms with Crippen molar-refractivity contribution in [2.24, 2.45) is 12.8 Å². The molecule has 0 radical (unpaired) electrons. The van der Waals surface area contributed by atoms with E-state index in [1.54, 1.807) is 17.8 Å². The van der Waals surface area contributed by atoms with E-state index in [1.165, 1.54) is 15.5 Å². The van der Waals surface area contributed by atoms with Crippen molar-refractivity contribution in [3.8, 4) is 6.07 Å². The van der Waals surface area contributed by atoms with Crippen LogP contribution in [0.2, 0.25) is 0 Å². The first-order valence-electron chi connectivity index (χ1n) is 10.1. The van der Waals surface area contributed by atoms with Gasteiger partial charge >= 0.3 is 5.69 Å². The van der Waals surface area contributed by atoms with Gasteiger partial charge in [0.25, 0.3) is 0 Å². The van der Waals surface area contributed by atoms with Gasteiger partial charge in [0.05, 0.1) is 24.2 Å². The Bertz CT molecular complexity index is 1400. The zero-order valence-electron chi connectivity index (χ0n) is 17.3. The van der Waals surface area contributed by atoms with Crippen molar-refractivity contribution in [2.45, 2.75) is 44.2 Å². The lowest BCUT2D eigenvalue weighted by atomic mass is 9.80. The molecule has 0 unspecified atom stereocenters. The van der Waals surface area contributed by atoms with Crippen LogP contribution in [-0.4, -0.2) is 39.7 Å². The molecule has 0 bridgehead atoms. The van der Waals surface area contributed by atoms with Crippen molar-refractivity contribution >= 4 is 28.4 Å². The smallest absolute Gasteiger partial charge is 0.328 e. The minimum absolute atomic E-state index is 0.0497. The number of fused-ring (bicyclic) bond motifs is 2. The van der Waals surface area contributed by atoms with Gasteiger partial charge in [-0.25, -0.2) is 19.3 Å². The summed E-state index contributed by atoms with van der Waals surface area (Å²) in [5, 5.41) is 17.4. The summed E-state index contributed by atoms with van der Waals surface area (Å²) in [6, 6.07) is 4.35. The number of anilines is 2. The lowest BCUT2D eigenvalue weighted by Crippen LogP contribution is -2.45. The van der Waals surface area contributed by atoms with Crippen LogP contribution in [0.3, 0.4) is 0 Å². The van der Waals surface area contributed by atoms with Crippen LogP contribution in [0.4, 0.5) is 11.6 Å². The number of nitrogens with one attached hydrogen (secondary N) is 1. The molecule has 0 atom stereocenters. The largest absolute Gasteiger partial charge is 0.331 e. The van der Waals surface area contributed by atoms with E-state index in [9.17, 15) is 10.1 Å². The monoisotopic (exact) mass is 418 g/mol. The van der Waals surface area contributed by atoms with Crippen LogP contribution in [0.1, 0.15) is 31.2 Å². The number of imidazole rings is 1. The Labute approximate surface area is 177 Å². The normalized spacial score (nSPS) is 21.4. The molecule has 158 valence electrons. The maximum absolute atomic E-state index is 13.1. The van der Waals surface area contributed by atoms with Gasteiger partial charge in [0, 0.05) is 13.1 Å². The fraction of sp³-hybridized carbons (Fsp3) is 0.400. The highest BCUT2D eigenvalue weighted by Gasteiger charge is 2.40. The van der Waals surface area contributed by atoms with E-state index >= 15 is 0 Å². The van der Waals surface area contributed by atoms with Gasteiger partial charge in [-0.15, -0.1) is 0 Å². The quantitative estimate of drug-likeness (QED) is 0.507. The van der Waals surface area contributed by atoms with Crippen LogP contribution >= 0.6 is 0 Å². The summed E-state index contributed by atoms with van der Waals surface area (Å²) in [7, 11) is 1.67. The highest BCUT2D eigenvalue weighted by atomic mass is 16.1. The van der Waals surface area contributed by atoms with Crippen molar-refractivity contribution in [3.05, 3.63) is 40.8 Å². The summed E-state index contributed by atoms with van der Waals surface area (Å²) in [6.45, 7) is 1.95. The molecule has 4 aromatic heterocycles. The number of aromatic nitrogens is 7. The van der Waals surface area contributed by atoms with Crippen LogP contribution in [0.15, 0.2) is 29.6 Å². The molecule has 11 heteroatoms. The fourth-order valence-electron chi connectivity index (χ4n) is 4.27. The number of aryl methyl sites for hydroxylation is 2. The Morgan fingerprint density at radius 3 is 2.84 bits per heavy atom. The van der Waals surface area contributed by atoms with E-state index in [0.29, 0.717) is 42.8 Å². The minimum atomic E-state index is -0.965. The molecule has 0 saturated heterocycles. The second-order valence-electron chi connectivity index (χ2n) is 8.12. The molecule has 1 aliphatic rings. The highest BCUT2D eigenvalue weighted by molar-refractivity contribution is 5.74. The second-order valence-corrected chi connectivity index (χ2v) is 8.12. The first kappa shape index (κ1) is 19.2. The Morgan fingerprint density at radius 2 is 2.10 bits per heavy atom. The minimum Gasteiger partial charge on any atom is -0.328 e. The predicted octanol–water partition coefficient (Wildman–Crippen LogP) is 1.34. The van der Waals surface area contributed by atoms with Crippen molar-refractivity contribution < 1.29 is 0 Å². The van der Waals surface area contributed by atoms with Gasteiger partial charge in [-0.05, 0) is 44.2 Å². The maximum atomic E-state index is 13.1. The topological polar surface area (TPSA) is 145 Å². The van der Waals surface area contributed by atoms with Gasteiger partial charge in [-0.1, -0.05) is 0 Å². The Hall–Kier alpha value is -3.78. The molecular formula is C20H22N10O. The van der Waals surface area contributed by atoms with Gasteiger partial charge < -0.3 is 11.1 Å². The number of hydrogen-bond acceptors (Lipinski definition) is 8. The molecule has 4 aromatic rings. The average molecular weight is 418 g/mol. The van der Waals surface area contributed by atoms with Crippen molar-refractivity contribution in [1.29, 1.82) is 5.26 Å². The van der Waals surface area contributed by atoms with Crippen LogP contribution in [-0.2, 0) is 12.6 Å². The number of hydrogen-bond donors (Lipinski definition) is 2. The molecule has 0 aliphatic heterocycles. The first-order chi connectivity index (χ1) is 14.9. The maximum Gasteiger partial charge on any atom is 0.331 e. The third-order valence-corrected chi connectivity index (χ3v) is 6.16. The molecule has 1 aliphatic carbocycles. The highest BCUT2D eigenvalue weighted by Crippen LogP contribution is 2.35. The Morgan fingerprint density at radius 1 is 1.32 bits per heavy atom. The van der Waals surface area contributed by atoms with E-state index in [1.807, 2.05) is 19.2 Å². The lowest BCUT2D eigenvalue weighted by molar-refractivity contribution is 0.245. The van der Waals surface area contributed by atoms with Crippen LogP contribution < -0.4 is 16.7 Å². The molecule has 5 rings (SSSR count). The van der Waals surface area contributed by atoms with Crippen molar-refractivity contribution in [3.63, 3.8) is 0 Å². The van der Waals surface area contributed by atoms with Crippen molar-refractivity contribution in [2.75, 3.05) is 5.32 Å². The summed E-state index contributed by atoms with van der Waals surface area (Å²) in [4.78, 5) is 26.3. The lowest BCUT2D eigenvalue weighted by Gasteiger charge is -2.34. The Kier molecular flexibility index (Phi) is 4.26. The summed E-state index contributed by atoms with van der Waals surface area (Å²) >= 11 is 0. The van der Waals surface area contributed by atoms with Gasteiger partial charge in [0.1, 0.15) is 17.4 Å². The zero-order chi connectivity index (χ0) is 21.8. The van der Waals surface area contributed by atoms with Crippen molar-refractivity contribution in [1.82, 2.24) is 33.7 Å². The van der Waals surface area contributed by atoms with E-state index < -0.39 is 5.54 Å². The van der Waals surface area contributed by atoms with Gasteiger partial charge in [0.2, 0.25) is 5.95 Å². The van der Waals surface area contributed by atoms with Crippen LogP contribution in [0.25, 0.3) is 16.8 Å². The fourth-order valence-corrected chi connectivity index (χ4v) is 4.27. The summed E-state index contributed by atoms with van der Waals surface area (Å²) in [5.41, 5.74) is 8.26. The number of nitriles is 1. The third kappa shape index (κ3) is 2.95. The molecule has 11 nitrogen and oxygen atoms in total. The molecule has 1 saturated carbocycles. The molecule has 31 heavy (non-hydrogen) atoms. The standard InChI is InChI=1S/C20H22N10O/c1-12-7-16-24-11-25-29(16)9-14(12)26-18-23-8-15-17(27-18)30(19(31)28(15)2)20(10-21)5-3-13(22)4-6-20/h7-9,11,13H,3-6,22H2,1-2H3,(H,23,26,27). The van der Waals surface area contributed by atoms with E-state index in [-0.39, 0.29) is 11.7 Å². The van der Waals surface area contributed by atoms with Crippen LogP contribution in [0.5, 0.6) is 0 Å². The number of nitrogens with two attached hydrogens (primary N) is 1. The van der Waals surface area contributed by atoms with Crippen LogP contribution in [0, 0.1) is 18.3 Å². The van der Waals surface area contributed by atoms with E-state index in [0.717, 1.165) is 16.9 Å². The third-order valence-electron chi connectivity index (χ3n) is 6.16. The molecular weight excluding hydrogens is 396 g/mol. The van der Waals surface area contributed by atoms with Gasteiger partial charge in [0.15, 0.2) is 11.3 Å². The molecule has 0 spiro atoms. The summed E-state index contributed by atoms with van der Waals surface area (Å²) in [5.74, 6) is 0.329. The molecule has 0 aromatic carbocycles. The predicted molar refractivity (Wildman–Crippen MR) is 114 cm³/mol. The van der Waals surface area contributed by atoms with Gasteiger partial charge in [-0.3, -0.25) is 9.13 Å². The number of pyridine rings is 1. The molecule has 0 amide bonds. The SMILES string of the molecule is Cc1cc2ncnn2cc1Nc1ncc2c(n1)n(C1(C#N)CCC(N)CC1)c(=O)n2C. The molecule has 3 N–H and O–H groups in total. The second kappa shape index (κ2) is 6.88. The summed E-state index contributed by atoms with van der Waals surface area (Å²) in [6.07, 6.45) is 7.29. The molecule has 4 heterocycles. The average Bonchev–Trinajstić information content (AvgIpc) is 3.31. The zero-order valence-corrected chi connectivity index (χ0v) is 17.3. The number of nitrogens with zero attached hydrogens (tertiary/aromatic N) is 8. The van der Waals surface area contributed by atoms with E-state index in [4.69, 9.17) is 5.73 Å². The molecule has 1 fully saturated rings. The van der Waals surface area contributed by atoms with Gasteiger partial charge in [-0.2, -0.15) is 15.3 Å². The summed E-state index contributed by atoms with van der Waals surface area (Å²) < 4.78 is 4.66. The number of rotatable bonds is 3. The van der Waals surface area contributed by atoms with E-state index in [2.05, 4.69) is 31.4 Å². The first-order valence-corrected chi connectivity index (χ1v) is 10.1.